The molecule has 1 aromatic heterocycles. The third-order valence-corrected chi connectivity index (χ3v) is 6.96. The molecule has 2 amide bonds. The molecule has 0 saturated carbocycles. The summed E-state index contributed by atoms with van der Waals surface area (Å²) in [4.78, 5) is 46.3. The zero-order valence-electron chi connectivity index (χ0n) is 23.8. The highest BCUT2D eigenvalue weighted by Gasteiger charge is 2.24. The molecule has 0 aliphatic rings. The maximum absolute atomic E-state index is 14.1. The van der Waals surface area contributed by atoms with Crippen molar-refractivity contribution in [3.63, 3.8) is 0 Å². The van der Waals surface area contributed by atoms with Crippen LogP contribution in [0.25, 0.3) is 11.1 Å². The number of para-hydroxylation sites is 1. The van der Waals surface area contributed by atoms with Crippen molar-refractivity contribution in [3.05, 3.63) is 108 Å². The topological polar surface area (TPSA) is 109 Å². The van der Waals surface area contributed by atoms with Crippen LogP contribution in [0.15, 0.2) is 91.3 Å². The number of anilines is 1. The zero-order valence-corrected chi connectivity index (χ0v) is 23.8. The van der Waals surface area contributed by atoms with E-state index in [0.29, 0.717) is 45.9 Å². The van der Waals surface area contributed by atoms with Gasteiger partial charge in [0.1, 0.15) is 0 Å². The van der Waals surface area contributed by atoms with Crippen LogP contribution in [0.3, 0.4) is 0 Å². The molecule has 0 spiro atoms. The van der Waals surface area contributed by atoms with Crippen LogP contribution in [-0.4, -0.2) is 67.1 Å². The number of carboxylic acids is 1. The monoisotopic (exact) mass is 567 g/mol. The molecule has 0 unspecified atom stereocenters. The van der Waals surface area contributed by atoms with Crippen LogP contribution in [0.1, 0.15) is 32.7 Å². The van der Waals surface area contributed by atoms with Crippen LogP contribution in [0.4, 0.5) is 5.69 Å². The van der Waals surface area contributed by atoms with Crippen molar-refractivity contribution in [1.29, 1.82) is 0 Å². The van der Waals surface area contributed by atoms with Gasteiger partial charge >= 0.3 is 5.97 Å². The third-order valence-electron chi connectivity index (χ3n) is 6.96. The van der Waals surface area contributed by atoms with Crippen LogP contribution in [0, 0.1) is 0 Å². The van der Waals surface area contributed by atoms with Gasteiger partial charge in [-0.15, -0.1) is 0 Å². The van der Waals surface area contributed by atoms with Gasteiger partial charge in [-0.2, -0.15) is 0 Å². The fourth-order valence-electron chi connectivity index (χ4n) is 4.78. The summed E-state index contributed by atoms with van der Waals surface area (Å²) in [5.74, 6) is -0.461. The molecular weight excluding hydrogens is 534 g/mol. The first-order valence-corrected chi connectivity index (χ1v) is 13.4. The van der Waals surface area contributed by atoms with Gasteiger partial charge in [-0.25, -0.2) is 0 Å². The molecule has 9 heteroatoms. The largest absolute Gasteiger partial charge is 0.493 e. The minimum absolute atomic E-state index is 0.0130. The molecule has 4 rings (SSSR count). The van der Waals surface area contributed by atoms with Gasteiger partial charge in [0.05, 0.1) is 32.5 Å². The number of hydrogen-bond donors (Lipinski definition) is 1. The number of ether oxygens (including phenoxy) is 2. The number of carboxylic acid groups (broad SMARTS) is 1. The summed E-state index contributed by atoms with van der Waals surface area (Å²) in [6.07, 6.45) is 3.45. The number of rotatable bonds is 12. The first kappa shape index (κ1) is 29.8. The summed E-state index contributed by atoms with van der Waals surface area (Å²) in [5.41, 5.74) is 3.41. The molecule has 1 heterocycles. The number of pyridine rings is 1. The number of carbonyl (C=O) groups excluding carboxylic acids is 2. The highest BCUT2D eigenvalue weighted by molar-refractivity contribution is 6.11. The molecule has 3 aromatic carbocycles. The predicted molar refractivity (Wildman–Crippen MR) is 160 cm³/mol. The summed E-state index contributed by atoms with van der Waals surface area (Å²) in [6.45, 7) is 0.257. The van der Waals surface area contributed by atoms with Crippen molar-refractivity contribution in [1.82, 2.24) is 9.88 Å². The summed E-state index contributed by atoms with van der Waals surface area (Å²) < 4.78 is 10.9. The van der Waals surface area contributed by atoms with Crippen molar-refractivity contribution < 1.29 is 29.0 Å². The second-order valence-electron chi connectivity index (χ2n) is 9.51. The van der Waals surface area contributed by atoms with E-state index in [1.165, 1.54) is 9.80 Å². The number of nitrogens with zero attached hydrogens (tertiary/aromatic N) is 3. The first-order valence-electron chi connectivity index (χ1n) is 13.4. The van der Waals surface area contributed by atoms with Gasteiger partial charge in [-0.05, 0) is 53.4 Å². The summed E-state index contributed by atoms with van der Waals surface area (Å²) >= 11 is 0. The Balaban J connectivity index is 1.68. The van der Waals surface area contributed by atoms with Gasteiger partial charge in [0, 0.05) is 37.5 Å². The van der Waals surface area contributed by atoms with Gasteiger partial charge in [0.2, 0.25) is 0 Å². The fourth-order valence-corrected chi connectivity index (χ4v) is 4.78. The van der Waals surface area contributed by atoms with Crippen molar-refractivity contribution in [2.75, 3.05) is 39.3 Å². The van der Waals surface area contributed by atoms with Gasteiger partial charge in [0.15, 0.2) is 11.5 Å². The summed E-state index contributed by atoms with van der Waals surface area (Å²) in [7, 11) is 4.78. The van der Waals surface area contributed by atoms with Crippen LogP contribution < -0.4 is 14.4 Å². The SMILES string of the molecule is COc1cccc(CCN(CCC(=O)O)C(=O)c2ccccc2-c2ccccc2C(=O)N(C)c2cccnc2)c1OC. The van der Waals surface area contributed by atoms with E-state index in [1.54, 1.807) is 94.3 Å². The third kappa shape index (κ3) is 6.75. The fraction of sp³-hybridized carbons (Fsp3) is 0.212. The number of amides is 2. The number of benzene rings is 3. The van der Waals surface area contributed by atoms with Crippen molar-refractivity contribution in [3.8, 4) is 22.6 Å². The maximum Gasteiger partial charge on any atom is 0.305 e. The smallest absolute Gasteiger partial charge is 0.305 e. The lowest BCUT2D eigenvalue weighted by Crippen LogP contribution is -2.35. The minimum Gasteiger partial charge on any atom is -0.493 e. The number of hydrogen-bond acceptors (Lipinski definition) is 6. The van der Waals surface area contributed by atoms with Crippen molar-refractivity contribution in [2.45, 2.75) is 12.8 Å². The second-order valence-corrected chi connectivity index (χ2v) is 9.51. The van der Waals surface area contributed by atoms with E-state index >= 15 is 0 Å². The Kier molecular flexibility index (Phi) is 9.89. The maximum atomic E-state index is 14.1. The van der Waals surface area contributed by atoms with E-state index in [9.17, 15) is 19.5 Å². The number of aromatic nitrogens is 1. The lowest BCUT2D eigenvalue weighted by atomic mass is 9.94. The van der Waals surface area contributed by atoms with E-state index in [4.69, 9.17) is 9.47 Å². The van der Waals surface area contributed by atoms with E-state index in [1.807, 2.05) is 18.2 Å². The Morgan fingerprint density at radius 3 is 2.05 bits per heavy atom. The second kappa shape index (κ2) is 13.9. The molecule has 42 heavy (non-hydrogen) atoms. The predicted octanol–water partition coefficient (Wildman–Crippen LogP) is 5.20. The zero-order chi connectivity index (χ0) is 30.1. The molecule has 0 aliphatic heterocycles. The molecule has 0 saturated heterocycles. The van der Waals surface area contributed by atoms with Crippen molar-refractivity contribution >= 4 is 23.5 Å². The Morgan fingerprint density at radius 2 is 1.45 bits per heavy atom. The van der Waals surface area contributed by atoms with Gasteiger partial charge in [0.25, 0.3) is 11.8 Å². The van der Waals surface area contributed by atoms with Crippen LogP contribution >= 0.6 is 0 Å². The van der Waals surface area contributed by atoms with Crippen LogP contribution in [-0.2, 0) is 11.2 Å². The number of aliphatic carboxylic acids is 1. The first-order chi connectivity index (χ1) is 20.3. The van der Waals surface area contributed by atoms with E-state index in [0.717, 1.165) is 5.56 Å². The highest BCUT2D eigenvalue weighted by atomic mass is 16.5. The van der Waals surface area contributed by atoms with Crippen LogP contribution in [0.5, 0.6) is 11.5 Å². The molecule has 4 aromatic rings. The molecule has 0 aliphatic carbocycles. The quantitative estimate of drug-likeness (QED) is 0.251. The average molecular weight is 568 g/mol. The Morgan fingerprint density at radius 1 is 0.786 bits per heavy atom. The molecule has 9 nitrogen and oxygen atoms in total. The lowest BCUT2D eigenvalue weighted by Gasteiger charge is -2.25. The Hall–Kier alpha value is -5.18. The molecule has 0 atom stereocenters. The van der Waals surface area contributed by atoms with Gasteiger partial charge < -0.3 is 24.4 Å². The number of methoxy groups -OCH3 is 2. The molecule has 0 radical (unpaired) electrons. The number of carbonyl (C=O) groups is 3. The molecule has 216 valence electrons. The molecule has 0 fully saturated rings. The van der Waals surface area contributed by atoms with Crippen LogP contribution in [0.2, 0.25) is 0 Å². The van der Waals surface area contributed by atoms with E-state index in [-0.39, 0.29) is 31.3 Å². The summed E-state index contributed by atoms with van der Waals surface area (Å²) in [5, 5.41) is 9.41. The van der Waals surface area contributed by atoms with E-state index < -0.39 is 5.97 Å². The van der Waals surface area contributed by atoms with Gasteiger partial charge in [-0.3, -0.25) is 19.4 Å². The average Bonchev–Trinajstić information content (AvgIpc) is 3.03. The molecule has 0 bridgehead atoms. The lowest BCUT2D eigenvalue weighted by molar-refractivity contribution is -0.137. The Bertz CT molecular complexity index is 1560. The van der Waals surface area contributed by atoms with Crippen molar-refractivity contribution in [2.24, 2.45) is 0 Å². The normalized spacial score (nSPS) is 10.5. The summed E-state index contributed by atoms with van der Waals surface area (Å²) in [6, 6.07) is 23.2. The van der Waals surface area contributed by atoms with E-state index in [2.05, 4.69) is 4.98 Å². The molecule has 1 N–H and O–H groups in total. The highest BCUT2D eigenvalue weighted by Crippen LogP contribution is 2.32. The minimum atomic E-state index is -1.01. The Labute approximate surface area is 244 Å². The van der Waals surface area contributed by atoms with Gasteiger partial charge in [-0.1, -0.05) is 48.5 Å². The molecular formula is C33H33N3O6. The standard InChI is InChI=1S/C33H33N3O6/c1-35(24-11-9-19-34-22-24)32(39)27-14-6-4-12-25(27)26-13-5-7-15-28(26)33(40)36(21-18-30(37)38)20-17-23-10-8-16-29(41-2)31(23)42-3/h4-16,19,22H,17-18,20-21H2,1-3H3,(H,37,38).